The molecule has 1 saturated carbocycles. The van der Waals surface area contributed by atoms with E-state index in [-0.39, 0.29) is 17.7 Å². The average Bonchev–Trinajstić information content (AvgIpc) is 3.21. The number of aliphatic hydroxyl groups is 1. The molecule has 0 aromatic carbocycles. The third-order valence-corrected chi connectivity index (χ3v) is 4.27. The maximum atomic E-state index is 12.3. The first-order valence-electron chi connectivity index (χ1n) is 7.38. The van der Waals surface area contributed by atoms with Gasteiger partial charge in [0.15, 0.2) is 0 Å². The van der Waals surface area contributed by atoms with Crippen LogP contribution in [0.5, 0.6) is 0 Å². The van der Waals surface area contributed by atoms with E-state index < -0.39 is 11.4 Å². The van der Waals surface area contributed by atoms with Gasteiger partial charge in [-0.25, -0.2) is 0 Å². The second-order valence-electron chi connectivity index (χ2n) is 5.94. The van der Waals surface area contributed by atoms with Crippen LogP contribution in [0.25, 0.3) is 0 Å². The van der Waals surface area contributed by atoms with E-state index in [1.54, 1.807) is 6.07 Å². The van der Waals surface area contributed by atoms with Crippen molar-refractivity contribution in [1.82, 2.24) is 10.3 Å². The lowest BCUT2D eigenvalue weighted by atomic mass is 9.94. The van der Waals surface area contributed by atoms with Gasteiger partial charge in [-0.3, -0.25) is 9.59 Å². The van der Waals surface area contributed by atoms with E-state index in [1.807, 2.05) is 6.07 Å². The zero-order valence-electron chi connectivity index (χ0n) is 11.9. The van der Waals surface area contributed by atoms with Gasteiger partial charge in [-0.2, -0.15) is 0 Å². The molecule has 6 nitrogen and oxygen atoms in total. The van der Waals surface area contributed by atoms with Crippen LogP contribution in [-0.2, 0) is 4.74 Å². The van der Waals surface area contributed by atoms with Crippen molar-refractivity contribution in [3.8, 4) is 0 Å². The van der Waals surface area contributed by atoms with Crippen LogP contribution < -0.4 is 10.9 Å². The highest BCUT2D eigenvalue weighted by Crippen LogP contribution is 2.38. The van der Waals surface area contributed by atoms with Gasteiger partial charge in [-0.05, 0) is 43.7 Å². The van der Waals surface area contributed by atoms with E-state index in [2.05, 4.69) is 10.3 Å². The van der Waals surface area contributed by atoms with Crippen molar-refractivity contribution >= 4 is 5.91 Å². The summed E-state index contributed by atoms with van der Waals surface area (Å²) >= 11 is 0. The van der Waals surface area contributed by atoms with Crippen molar-refractivity contribution in [3.05, 3.63) is 33.7 Å². The first kappa shape index (κ1) is 14.3. The highest BCUT2D eigenvalue weighted by atomic mass is 16.5. The molecular formula is C15H20N2O4. The summed E-state index contributed by atoms with van der Waals surface area (Å²) in [7, 11) is 0. The molecular weight excluding hydrogens is 272 g/mol. The lowest BCUT2D eigenvalue weighted by Gasteiger charge is -2.27. The molecule has 2 aliphatic rings. The summed E-state index contributed by atoms with van der Waals surface area (Å²) in [5.41, 5.74) is 0.109. The fourth-order valence-corrected chi connectivity index (χ4v) is 2.79. The molecule has 1 aliphatic carbocycles. The van der Waals surface area contributed by atoms with Gasteiger partial charge in [0.2, 0.25) is 0 Å². The van der Waals surface area contributed by atoms with Crippen LogP contribution in [0.2, 0.25) is 0 Å². The van der Waals surface area contributed by atoms with Crippen molar-refractivity contribution in [2.45, 2.75) is 37.1 Å². The molecule has 1 saturated heterocycles. The summed E-state index contributed by atoms with van der Waals surface area (Å²) in [6.07, 6.45) is 3.27. The number of H-pyrrole nitrogens is 1. The number of aliphatic hydroxyl groups excluding tert-OH is 1. The molecule has 0 bridgehead atoms. The molecule has 2 fully saturated rings. The second kappa shape index (κ2) is 5.61. The summed E-state index contributed by atoms with van der Waals surface area (Å²) in [5, 5.41) is 12.0. The van der Waals surface area contributed by atoms with Crippen LogP contribution in [0, 0.1) is 0 Å². The summed E-state index contributed by atoms with van der Waals surface area (Å²) in [4.78, 5) is 27.2. The number of ether oxygens (including phenoxy) is 1. The monoisotopic (exact) mass is 292 g/mol. The number of carbonyl (C=O) groups is 1. The Kier molecular flexibility index (Phi) is 3.82. The SMILES string of the molecule is O=C(NC1(CCO)CCOC1)c1ccc(C2CC2)[nH]c1=O. The van der Waals surface area contributed by atoms with Gasteiger partial charge in [-0.1, -0.05) is 0 Å². The molecule has 1 unspecified atom stereocenters. The Labute approximate surface area is 122 Å². The Morgan fingerprint density at radius 2 is 2.29 bits per heavy atom. The number of carbonyl (C=O) groups excluding carboxylic acids is 1. The minimum Gasteiger partial charge on any atom is -0.396 e. The number of pyridine rings is 1. The summed E-state index contributed by atoms with van der Waals surface area (Å²) < 4.78 is 5.33. The zero-order chi connectivity index (χ0) is 14.9. The molecule has 1 atom stereocenters. The van der Waals surface area contributed by atoms with Crippen LogP contribution in [-0.4, -0.2) is 41.4 Å². The van der Waals surface area contributed by atoms with Crippen LogP contribution in [0.15, 0.2) is 16.9 Å². The predicted octanol–water partition coefficient (Wildman–Crippen LogP) is 0.524. The number of aromatic amines is 1. The summed E-state index contributed by atoms with van der Waals surface area (Å²) in [5.74, 6) is 0.0383. The molecule has 3 rings (SSSR count). The third-order valence-electron chi connectivity index (χ3n) is 4.27. The molecule has 1 aliphatic heterocycles. The number of hydrogen-bond acceptors (Lipinski definition) is 4. The van der Waals surface area contributed by atoms with E-state index in [9.17, 15) is 9.59 Å². The largest absolute Gasteiger partial charge is 0.396 e. The van der Waals surface area contributed by atoms with Crippen LogP contribution in [0.3, 0.4) is 0 Å². The number of hydrogen-bond donors (Lipinski definition) is 3. The molecule has 3 N–H and O–H groups in total. The van der Waals surface area contributed by atoms with E-state index in [4.69, 9.17) is 9.84 Å². The number of nitrogens with one attached hydrogen (secondary N) is 2. The topological polar surface area (TPSA) is 91.4 Å². The van der Waals surface area contributed by atoms with E-state index >= 15 is 0 Å². The van der Waals surface area contributed by atoms with Crippen molar-refractivity contribution in [2.75, 3.05) is 19.8 Å². The van der Waals surface area contributed by atoms with Gasteiger partial charge in [0, 0.05) is 18.9 Å². The molecule has 21 heavy (non-hydrogen) atoms. The summed E-state index contributed by atoms with van der Waals surface area (Å²) in [6.45, 7) is 0.898. The van der Waals surface area contributed by atoms with Gasteiger partial charge in [-0.15, -0.1) is 0 Å². The normalized spacial score (nSPS) is 25.0. The fourth-order valence-electron chi connectivity index (χ4n) is 2.79. The van der Waals surface area contributed by atoms with E-state index in [1.165, 1.54) is 0 Å². The number of amides is 1. The fraction of sp³-hybridized carbons (Fsp3) is 0.600. The average molecular weight is 292 g/mol. The Morgan fingerprint density at radius 1 is 1.48 bits per heavy atom. The summed E-state index contributed by atoms with van der Waals surface area (Å²) in [6, 6.07) is 3.40. The number of rotatable bonds is 5. The van der Waals surface area contributed by atoms with E-state index in [0.29, 0.717) is 32.0 Å². The Hall–Kier alpha value is -1.66. The van der Waals surface area contributed by atoms with Crippen LogP contribution >= 0.6 is 0 Å². The third kappa shape index (κ3) is 3.01. The number of aromatic nitrogens is 1. The Balaban J connectivity index is 1.76. The lowest BCUT2D eigenvalue weighted by Crippen LogP contribution is -2.50. The molecule has 1 aromatic heterocycles. The maximum Gasteiger partial charge on any atom is 0.261 e. The van der Waals surface area contributed by atoms with Gasteiger partial charge in [0.05, 0.1) is 12.1 Å². The van der Waals surface area contributed by atoms with Crippen LogP contribution in [0.4, 0.5) is 0 Å². The van der Waals surface area contributed by atoms with Gasteiger partial charge < -0.3 is 20.1 Å². The smallest absolute Gasteiger partial charge is 0.261 e. The second-order valence-corrected chi connectivity index (χ2v) is 5.94. The molecule has 0 radical (unpaired) electrons. The Morgan fingerprint density at radius 3 is 2.86 bits per heavy atom. The first-order chi connectivity index (χ1) is 10.1. The van der Waals surface area contributed by atoms with Crippen molar-refractivity contribution in [3.63, 3.8) is 0 Å². The quantitative estimate of drug-likeness (QED) is 0.738. The molecule has 2 heterocycles. The molecule has 6 heteroatoms. The Bertz CT molecular complexity index is 586. The molecule has 0 spiro atoms. The lowest BCUT2D eigenvalue weighted by molar-refractivity contribution is 0.0849. The standard InChI is InChI=1S/C15H20N2O4/c18-7-5-15(6-8-21-9-15)17-14(20)11-3-4-12(10-1-2-10)16-13(11)19/h3-4,10,18H,1-2,5-9H2,(H,16,19)(H,17,20). The molecule has 114 valence electrons. The van der Waals surface area contributed by atoms with E-state index in [0.717, 1.165) is 18.5 Å². The maximum absolute atomic E-state index is 12.3. The van der Waals surface area contributed by atoms with Crippen molar-refractivity contribution in [2.24, 2.45) is 0 Å². The van der Waals surface area contributed by atoms with Gasteiger partial charge in [0.25, 0.3) is 11.5 Å². The molecule has 1 aromatic rings. The van der Waals surface area contributed by atoms with Crippen molar-refractivity contribution in [1.29, 1.82) is 0 Å². The minimum absolute atomic E-state index is 0.0272. The predicted molar refractivity (Wildman–Crippen MR) is 76.4 cm³/mol. The van der Waals surface area contributed by atoms with Crippen LogP contribution in [0.1, 0.15) is 47.7 Å². The van der Waals surface area contributed by atoms with Crippen molar-refractivity contribution < 1.29 is 14.6 Å². The highest BCUT2D eigenvalue weighted by molar-refractivity contribution is 5.94. The van der Waals surface area contributed by atoms with Gasteiger partial charge >= 0.3 is 0 Å². The first-order valence-corrected chi connectivity index (χ1v) is 7.38. The minimum atomic E-state index is -0.562. The zero-order valence-corrected chi connectivity index (χ0v) is 11.9. The van der Waals surface area contributed by atoms with Gasteiger partial charge in [0.1, 0.15) is 5.56 Å². The molecule has 1 amide bonds. The highest BCUT2D eigenvalue weighted by Gasteiger charge is 2.36.